The van der Waals surface area contributed by atoms with Gasteiger partial charge in [0.1, 0.15) is 5.52 Å². The number of fused-ring (bicyclic) bond motifs is 9. The van der Waals surface area contributed by atoms with Crippen molar-refractivity contribution in [3.8, 4) is 11.4 Å². The third kappa shape index (κ3) is 2.75. The second-order valence-corrected chi connectivity index (χ2v) is 10.1. The van der Waals surface area contributed by atoms with E-state index in [2.05, 4.69) is 123 Å². The van der Waals surface area contributed by atoms with Gasteiger partial charge in [-0.25, -0.2) is 4.98 Å². The Hall–Kier alpha value is -5.35. The zero-order chi connectivity index (χ0) is 25.5. The molecule has 0 unspecified atom stereocenters. The highest BCUT2D eigenvalue weighted by atomic mass is 16.3. The van der Waals surface area contributed by atoms with E-state index in [0.29, 0.717) is 0 Å². The molecule has 0 aliphatic carbocycles. The normalized spacial score (nSPS) is 12.1. The lowest BCUT2D eigenvalue weighted by Gasteiger charge is -2.10. The molecule has 0 saturated carbocycles. The predicted molar refractivity (Wildman–Crippen MR) is 160 cm³/mol. The number of aromatic nitrogens is 3. The van der Waals surface area contributed by atoms with Crippen LogP contribution in [0.2, 0.25) is 0 Å². The van der Waals surface area contributed by atoms with Crippen LogP contribution in [0.25, 0.3) is 76.9 Å². The van der Waals surface area contributed by atoms with Gasteiger partial charge in [0, 0.05) is 27.2 Å². The molecule has 0 amide bonds. The van der Waals surface area contributed by atoms with Gasteiger partial charge in [-0.15, -0.1) is 0 Å². The van der Waals surface area contributed by atoms with Crippen LogP contribution in [0.4, 0.5) is 0 Å². The van der Waals surface area contributed by atoms with Crippen molar-refractivity contribution in [1.82, 2.24) is 14.1 Å². The highest BCUT2D eigenvalue weighted by Gasteiger charge is 2.19. The number of rotatable bonds is 2. The number of nitrogens with zero attached hydrogens (tertiary/aromatic N) is 3. The molecule has 4 heteroatoms. The molecule has 0 fully saturated rings. The van der Waals surface area contributed by atoms with Crippen molar-refractivity contribution in [2.24, 2.45) is 0 Å². The van der Waals surface area contributed by atoms with Crippen molar-refractivity contribution in [3.63, 3.8) is 0 Å². The molecule has 0 atom stereocenters. The molecule has 9 aromatic rings. The highest BCUT2D eigenvalue weighted by Crippen LogP contribution is 2.41. The molecular formula is C35H21N3O. The smallest absolute Gasteiger partial charge is 0.182 e. The van der Waals surface area contributed by atoms with Gasteiger partial charge >= 0.3 is 0 Å². The van der Waals surface area contributed by atoms with Crippen molar-refractivity contribution in [2.45, 2.75) is 0 Å². The summed E-state index contributed by atoms with van der Waals surface area (Å²) in [7, 11) is 0. The summed E-state index contributed by atoms with van der Waals surface area (Å²) in [6.45, 7) is 0. The summed E-state index contributed by atoms with van der Waals surface area (Å²) in [6, 6.07) is 43.4. The summed E-state index contributed by atoms with van der Waals surface area (Å²) in [4.78, 5) is 4.41. The zero-order valence-electron chi connectivity index (χ0n) is 20.9. The van der Waals surface area contributed by atoms with E-state index in [-0.39, 0.29) is 0 Å². The molecule has 4 nitrogen and oxygen atoms in total. The number of hydrogen-bond donors (Lipinski definition) is 0. The summed E-state index contributed by atoms with van der Waals surface area (Å²) < 4.78 is 10.6. The first-order valence-electron chi connectivity index (χ1n) is 13.1. The Bertz CT molecular complexity index is 2390. The zero-order valence-corrected chi connectivity index (χ0v) is 20.9. The molecule has 3 heterocycles. The maximum absolute atomic E-state index is 5.87. The molecular weight excluding hydrogens is 478 g/mol. The first-order chi connectivity index (χ1) is 19.4. The number of para-hydroxylation sites is 4. The molecule has 39 heavy (non-hydrogen) atoms. The summed E-state index contributed by atoms with van der Waals surface area (Å²) >= 11 is 0. The van der Waals surface area contributed by atoms with Gasteiger partial charge in [0.2, 0.25) is 0 Å². The van der Waals surface area contributed by atoms with Gasteiger partial charge in [-0.2, -0.15) is 0 Å². The van der Waals surface area contributed by atoms with Gasteiger partial charge < -0.3 is 13.6 Å². The Balaban J connectivity index is 1.46. The molecule has 0 N–H and O–H groups in total. The van der Waals surface area contributed by atoms with E-state index in [1.54, 1.807) is 0 Å². The molecule has 0 bridgehead atoms. The topological polar surface area (TPSA) is 35.9 Å². The van der Waals surface area contributed by atoms with Gasteiger partial charge in [0.05, 0.1) is 27.8 Å². The van der Waals surface area contributed by atoms with E-state index >= 15 is 0 Å². The lowest BCUT2D eigenvalue weighted by atomic mass is 10.0. The van der Waals surface area contributed by atoms with Crippen LogP contribution >= 0.6 is 0 Å². The molecule has 6 aromatic carbocycles. The Kier molecular flexibility index (Phi) is 4.02. The second-order valence-electron chi connectivity index (χ2n) is 10.1. The van der Waals surface area contributed by atoms with Crippen LogP contribution in [0.5, 0.6) is 0 Å². The van der Waals surface area contributed by atoms with Crippen molar-refractivity contribution in [1.29, 1.82) is 0 Å². The largest absolute Gasteiger partial charge is 0.441 e. The quantitative estimate of drug-likeness (QED) is 0.238. The minimum absolute atomic E-state index is 0.793. The minimum atomic E-state index is 0.793. The molecule has 0 aliphatic rings. The van der Waals surface area contributed by atoms with E-state index in [1.165, 1.54) is 55.4 Å². The van der Waals surface area contributed by atoms with E-state index < -0.39 is 0 Å². The SMILES string of the molecule is c1ccc(-n2c3ccccc3c3c4cc5c6ccccc6n(-c6cccc7ncoc67)c5cc4ccc32)cc1. The van der Waals surface area contributed by atoms with Crippen LogP contribution in [-0.2, 0) is 0 Å². The molecule has 9 rings (SSSR count). The Morgan fingerprint density at radius 2 is 1.28 bits per heavy atom. The number of hydrogen-bond acceptors (Lipinski definition) is 2. The summed E-state index contributed by atoms with van der Waals surface area (Å²) in [5.41, 5.74) is 8.54. The predicted octanol–water partition coefficient (Wildman–Crippen LogP) is 9.18. The summed E-state index contributed by atoms with van der Waals surface area (Å²) in [5.74, 6) is 0. The molecule has 0 aliphatic heterocycles. The van der Waals surface area contributed by atoms with Gasteiger partial charge in [0.15, 0.2) is 12.0 Å². The summed E-state index contributed by atoms with van der Waals surface area (Å²) in [5, 5.41) is 7.44. The lowest BCUT2D eigenvalue weighted by molar-refractivity contribution is 0.600. The minimum Gasteiger partial charge on any atom is -0.441 e. The van der Waals surface area contributed by atoms with E-state index in [0.717, 1.165) is 27.8 Å². The molecule has 0 saturated heterocycles. The average molecular weight is 500 g/mol. The Morgan fingerprint density at radius 3 is 2.15 bits per heavy atom. The fraction of sp³-hybridized carbons (Fsp3) is 0. The maximum Gasteiger partial charge on any atom is 0.182 e. The van der Waals surface area contributed by atoms with Gasteiger partial charge in [-0.1, -0.05) is 66.7 Å². The van der Waals surface area contributed by atoms with Crippen molar-refractivity contribution in [2.75, 3.05) is 0 Å². The van der Waals surface area contributed by atoms with Gasteiger partial charge in [0.25, 0.3) is 0 Å². The van der Waals surface area contributed by atoms with Crippen LogP contribution < -0.4 is 0 Å². The van der Waals surface area contributed by atoms with Crippen LogP contribution in [-0.4, -0.2) is 14.1 Å². The lowest BCUT2D eigenvalue weighted by Crippen LogP contribution is -1.94. The third-order valence-corrected chi connectivity index (χ3v) is 8.04. The first kappa shape index (κ1) is 20.7. The van der Waals surface area contributed by atoms with Crippen LogP contribution in [0.1, 0.15) is 0 Å². The van der Waals surface area contributed by atoms with E-state index in [9.17, 15) is 0 Å². The standard InChI is InChI=1S/C35H21N3O/c1-2-9-23(10-3-1)37-30-15-7-5-12-25(30)34-26-20-27-24-11-4-6-14-29(24)38(33(27)19-22(26)17-18-31(34)37)32-16-8-13-28-35(32)39-21-36-28/h1-21H. The van der Waals surface area contributed by atoms with Gasteiger partial charge in [-0.3, -0.25) is 0 Å². The molecule has 182 valence electrons. The highest BCUT2D eigenvalue weighted by molar-refractivity contribution is 6.25. The maximum atomic E-state index is 5.87. The monoisotopic (exact) mass is 499 g/mol. The Labute approximate surface area is 222 Å². The molecule has 0 radical (unpaired) electrons. The average Bonchev–Trinajstić information content (AvgIpc) is 3.69. The van der Waals surface area contributed by atoms with E-state index in [4.69, 9.17) is 4.42 Å². The van der Waals surface area contributed by atoms with Crippen molar-refractivity contribution >= 4 is 65.5 Å². The van der Waals surface area contributed by atoms with Crippen LogP contribution in [0.15, 0.2) is 132 Å². The van der Waals surface area contributed by atoms with Crippen molar-refractivity contribution in [3.05, 3.63) is 128 Å². The number of oxazole rings is 1. The van der Waals surface area contributed by atoms with Gasteiger partial charge in [-0.05, 0) is 65.4 Å². The van der Waals surface area contributed by atoms with E-state index in [1.807, 2.05) is 12.1 Å². The molecule has 3 aromatic heterocycles. The van der Waals surface area contributed by atoms with Crippen LogP contribution in [0.3, 0.4) is 0 Å². The fourth-order valence-corrected chi connectivity index (χ4v) is 6.42. The number of benzene rings is 6. The Morgan fingerprint density at radius 1 is 0.513 bits per heavy atom. The first-order valence-corrected chi connectivity index (χ1v) is 13.1. The summed E-state index contributed by atoms with van der Waals surface area (Å²) in [6.07, 6.45) is 1.52. The third-order valence-electron chi connectivity index (χ3n) is 8.04. The van der Waals surface area contributed by atoms with Crippen LogP contribution in [0, 0.1) is 0 Å². The second kappa shape index (κ2) is 7.59. The fourth-order valence-electron chi connectivity index (χ4n) is 6.42. The van der Waals surface area contributed by atoms with Crippen molar-refractivity contribution < 1.29 is 4.42 Å². The molecule has 0 spiro atoms.